The van der Waals surface area contributed by atoms with Gasteiger partial charge in [-0.15, -0.1) is 0 Å². The zero-order valence-electron chi connectivity index (χ0n) is 19.4. The lowest BCUT2D eigenvalue weighted by atomic mass is 9.93. The first kappa shape index (κ1) is 23.4. The smallest absolute Gasteiger partial charge is 0.248 e. The zero-order valence-corrected chi connectivity index (χ0v) is 19.4. The maximum absolute atomic E-state index is 14.3. The number of amides is 2. The van der Waals surface area contributed by atoms with E-state index in [0.29, 0.717) is 12.1 Å². The highest BCUT2D eigenvalue weighted by Gasteiger charge is 2.38. The van der Waals surface area contributed by atoms with Gasteiger partial charge in [0.15, 0.2) is 0 Å². The third-order valence-corrected chi connectivity index (χ3v) is 6.87. The summed E-state index contributed by atoms with van der Waals surface area (Å²) in [5.74, 6) is -0.824. The summed E-state index contributed by atoms with van der Waals surface area (Å²) in [5.41, 5.74) is 2.09. The predicted molar refractivity (Wildman–Crippen MR) is 128 cm³/mol. The second kappa shape index (κ2) is 10.9. The van der Waals surface area contributed by atoms with E-state index in [-0.39, 0.29) is 17.9 Å². The second-order valence-corrected chi connectivity index (χ2v) is 9.29. The summed E-state index contributed by atoms with van der Waals surface area (Å²) in [6.07, 6.45) is 7.95. The largest absolute Gasteiger partial charge is 0.351 e. The van der Waals surface area contributed by atoms with E-state index >= 15 is 0 Å². The first-order chi connectivity index (χ1) is 16.0. The van der Waals surface area contributed by atoms with E-state index in [4.69, 9.17) is 0 Å². The second-order valence-electron chi connectivity index (χ2n) is 9.29. The van der Waals surface area contributed by atoms with Crippen molar-refractivity contribution in [2.75, 3.05) is 11.4 Å². The highest BCUT2D eigenvalue weighted by atomic mass is 19.1. The Kier molecular flexibility index (Phi) is 7.76. The van der Waals surface area contributed by atoms with E-state index in [2.05, 4.69) is 10.6 Å². The Morgan fingerprint density at radius 3 is 2.45 bits per heavy atom. The first-order valence-electron chi connectivity index (χ1n) is 12.2. The fourth-order valence-corrected chi connectivity index (χ4v) is 5.08. The van der Waals surface area contributed by atoms with Crippen LogP contribution in [0.4, 0.5) is 10.1 Å². The Morgan fingerprint density at radius 1 is 1.00 bits per heavy atom. The van der Waals surface area contributed by atoms with E-state index in [1.54, 1.807) is 12.1 Å². The number of hydrogen-bond acceptors (Lipinski definition) is 3. The van der Waals surface area contributed by atoms with Crippen LogP contribution < -0.4 is 15.5 Å². The summed E-state index contributed by atoms with van der Waals surface area (Å²) in [6.45, 7) is 2.71. The summed E-state index contributed by atoms with van der Waals surface area (Å²) < 4.78 is 14.3. The minimum Gasteiger partial charge on any atom is -0.351 e. The van der Waals surface area contributed by atoms with Gasteiger partial charge in [0.25, 0.3) is 0 Å². The van der Waals surface area contributed by atoms with Crippen LogP contribution >= 0.6 is 0 Å². The number of hydrogen-bond donors (Lipinski definition) is 2. The highest BCUT2D eigenvalue weighted by Crippen LogP contribution is 2.32. The molecule has 1 aliphatic heterocycles. The number of halogens is 1. The van der Waals surface area contributed by atoms with Gasteiger partial charge in [-0.25, -0.2) is 4.39 Å². The molecule has 1 aliphatic carbocycles. The van der Waals surface area contributed by atoms with Crippen molar-refractivity contribution in [2.24, 2.45) is 0 Å². The first-order valence-corrected chi connectivity index (χ1v) is 12.2. The molecule has 2 aromatic carbocycles. The molecule has 1 saturated heterocycles. The van der Waals surface area contributed by atoms with E-state index in [1.165, 1.54) is 23.5 Å². The minimum atomic E-state index is -0.869. The van der Waals surface area contributed by atoms with Crippen molar-refractivity contribution in [3.63, 3.8) is 0 Å². The van der Waals surface area contributed by atoms with Crippen LogP contribution in [0.1, 0.15) is 68.5 Å². The predicted octanol–water partition coefficient (Wildman–Crippen LogP) is 4.80. The van der Waals surface area contributed by atoms with Gasteiger partial charge in [0.2, 0.25) is 11.8 Å². The van der Waals surface area contributed by atoms with Gasteiger partial charge in [-0.1, -0.05) is 56.0 Å². The third-order valence-electron chi connectivity index (χ3n) is 6.87. The molecule has 176 valence electrons. The van der Waals surface area contributed by atoms with Crippen LogP contribution in [0.5, 0.6) is 0 Å². The maximum Gasteiger partial charge on any atom is 0.248 e. The average Bonchev–Trinajstić information content (AvgIpc) is 2.84. The van der Waals surface area contributed by atoms with Gasteiger partial charge in [0, 0.05) is 11.7 Å². The molecule has 1 heterocycles. The summed E-state index contributed by atoms with van der Waals surface area (Å²) in [4.78, 5) is 29.2. The Morgan fingerprint density at radius 2 is 1.76 bits per heavy atom. The number of carbonyl (C=O) groups excluding carboxylic acids is 2. The number of aryl methyl sites for hydroxylation is 1. The van der Waals surface area contributed by atoms with E-state index in [9.17, 15) is 14.0 Å². The molecule has 2 fully saturated rings. The molecule has 4 rings (SSSR count). The van der Waals surface area contributed by atoms with Crippen molar-refractivity contribution < 1.29 is 14.0 Å². The van der Waals surface area contributed by atoms with Gasteiger partial charge in [0.1, 0.15) is 11.9 Å². The van der Waals surface area contributed by atoms with Crippen LogP contribution in [0.3, 0.4) is 0 Å². The SMILES string of the molecule is Cc1ccccc1C(C(=O)NC1CCCCC1)N(C(=O)[C@H]1CCCCN1)c1cccc(F)c1. The lowest BCUT2D eigenvalue weighted by molar-refractivity contribution is -0.128. The molecule has 1 saturated carbocycles. The molecule has 0 bridgehead atoms. The van der Waals surface area contributed by atoms with Gasteiger partial charge in [-0.05, 0) is 68.5 Å². The van der Waals surface area contributed by atoms with Crippen LogP contribution in [0, 0.1) is 12.7 Å². The Balaban J connectivity index is 1.76. The molecule has 1 unspecified atom stereocenters. The highest BCUT2D eigenvalue weighted by molar-refractivity contribution is 6.04. The molecule has 2 aromatic rings. The third kappa shape index (κ3) is 5.61. The molecule has 0 radical (unpaired) electrons. The normalized spacial score (nSPS) is 20.1. The lowest BCUT2D eigenvalue weighted by Gasteiger charge is -2.37. The topological polar surface area (TPSA) is 61.4 Å². The van der Waals surface area contributed by atoms with Crippen LogP contribution in [0.15, 0.2) is 48.5 Å². The number of carbonyl (C=O) groups is 2. The number of benzene rings is 2. The van der Waals surface area contributed by atoms with Crippen LogP contribution in [-0.4, -0.2) is 30.4 Å². The fourth-order valence-electron chi connectivity index (χ4n) is 5.08. The van der Waals surface area contributed by atoms with Crippen molar-refractivity contribution in [3.8, 4) is 0 Å². The average molecular weight is 452 g/mol. The summed E-state index contributed by atoms with van der Waals surface area (Å²) in [7, 11) is 0. The number of anilines is 1. The minimum absolute atomic E-state index is 0.107. The molecule has 2 N–H and O–H groups in total. The van der Waals surface area contributed by atoms with Crippen LogP contribution in [-0.2, 0) is 9.59 Å². The van der Waals surface area contributed by atoms with Crippen molar-refractivity contribution in [1.29, 1.82) is 0 Å². The van der Waals surface area contributed by atoms with Crippen molar-refractivity contribution in [2.45, 2.75) is 76.4 Å². The van der Waals surface area contributed by atoms with Crippen LogP contribution in [0.2, 0.25) is 0 Å². The Bertz CT molecular complexity index is 967. The molecule has 0 spiro atoms. The number of nitrogens with one attached hydrogen (secondary N) is 2. The van der Waals surface area contributed by atoms with Gasteiger partial charge < -0.3 is 10.6 Å². The van der Waals surface area contributed by atoms with Gasteiger partial charge >= 0.3 is 0 Å². The van der Waals surface area contributed by atoms with Crippen LogP contribution in [0.25, 0.3) is 0 Å². The van der Waals surface area contributed by atoms with E-state index < -0.39 is 17.9 Å². The standard InChI is InChI=1S/C27H34FN3O2/c1-19-10-5-6-15-23(19)25(26(32)30-21-12-3-2-4-13-21)31(22-14-9-11-20(28)18-22)27(33)24-16-7-8-17-29-24/h5-6,9-11,14-15,18,21,24-25,29H,2-4,7-8,12-13,16-17H2,1H3,(H,30,32)/t24-,25?/m1/s1. The maximum atomic E-state index is 14.3. The summed E-state index contributed by atoms with van der Waals surface area (Å²) in [5, 5.41) is 6.53. The number of nitrogens with zero attached hydrogens (tertiary/aromatic N) is 1. The molecule has 6 heteroatoms. The molecule has 2 amide bonds. The van der Waals surface area contributed by atoms with Gasteiger partial charge in [0.05, 0.1) is 6.04 Å². The number of rotatable bonds is 6. The monoisotopic (exact) mass is 451 g/mol. The fraction of sp³-hybridized carbons (Fsp3) is 0.481. The van der Waals surface area contributed by atoms with E-state index in [1.807, 2.05) is 31.2 Å². The van der Waals surface area contributed by atoms with Gasteiger partial charge in [-0.3, -0.25) is 14.5 Å². The molecule has 5 nitrogen and oxygen atoms in total. The summed E-state index contributed by atoms with van der Waals surface area (Å²) >= 11 is 0. The Labute approximate surface area is 195 Å². The molecular weight excluding hydrogens is 417 g/mol. The molecule has 0 aromatic heterocycles. The molecule has 33 heavy (non-hydrogen) atoms. The van der Waals surface area contributed by atoms with Crippen molar-refractivity contribution in [3.05, 3.63) is 65.5 Å². The van der Waals surface area contributed by atoms with Crippen molar-refractivity contribution in [1.82, 2.24) is 10.6 Å². The quantitative estimate of drug-likeness (QED) is 0.663. The Hall–Kier alpha value is -2.73. The van der Waals surface area contributed by atoms with Gasteiger partial charge in [-0.2, -0.15) is 0 Å². The molecule has 2 atom stereocenters. The summed E-state index contributed by atoms with van der Waals surface area (Å²) in [6, 6.07) is 12.5. The number of piperidine rings is 1. The van der Waals surface area contributed by atoms with Crippen molar-refractivity contribution >= 4 is 17.5 Å². The van der Waals surface area contributed by atoms with E-state index in [0.717, 1.165) is 56.2 Å². The zero-order chi connectivity index (χ0) is 23.2. The lowest BCUT2D eigenvalue weighted by Crippen LogP contribution is -2.53. The molecule has 2 aliphatic rings. The molecular formula is C27H34FN3O2.